The molecule has 4 N–H and O–H groups in total. The van der Waals surface area contributed by atoms with Gasteiger partial charge in [-0.25, -0.2) is 4.79 Å². The Morgan fingerprint density at radius 3 is 1.88 bits per heavy atom. The Kier molecular flexibility index (Phi) is 2.09. The van der Waals surface area contributed by atoms with Gasteiger partial charge in [0.05, 0.1) is 0 Å². The predicted octanol–water partition coefficient (Wildman–Crippen LogP) is 1.65. The number of hydrogen-bond donors (Lipinski definition) is 4. The van der Waals surface area contributed by atoms with Crippen LogP contribution in [0.25, 0.3) is 10.8 Å². The second-order valence-electron chi connectivity index (χ2n) is 3.27. The largest absolute Gasteiger partial charge is 0.506 e. The summed E-state index contributed by atoms with van der Waals surface area (Å²) in [5.74, 6) is -3.44. The second-order valence-corrected chi connectivity index (χ2v) is 3.27. The van der Waals surface area contributed by atoms with Crippen LogP contribution in [0.15, 0.2) is 24.3 Å². The molecule has 0 radical (unpaired) electrons. The summed E-state index contributed by atoms with van der Waals surface area (Å²) < 4.78 is 0. The van der Waals surface area contributed by atoms with E-state index in [4.69, 9.17) is 5.11 Å². The lowest BCUT2D eigenvalue weighted by Crippen LogP contribution is -1.98. The van der Waals surface area contributed by atoms with Crippen LogP contribution in [0.3, 0.4) is 0 Å². The minimum atomic E-state index is -1.50. The van der Waals surface area contributed by atoms with E-state index < -0.39 is 28.8 Å². The quantitative estimate of drug-likeness (QED) is 0.432. The van der Waals surface area contributed by atoms with Crippen molar-refractivity contribution in [3.05, 3.63) is 29.8 Å². The highest BCUT2D eigenvalue weighted by Gasteiger charge is 2.22. The van der Waals surface area contributed by atoms with Crippen LogP contribution in [0.1, 0.15) is 10.4 Å². The van der Waals surface area contributed by atoms with Gasteiger partial charge in [-0.05, 0) is 0 Å². The average molecular weight is 220 g/mol. The summed E-state index contributed by atoms with van der Waals surface area (Å²) in [6, 6.07) is 6.11. The van der Waals surface area contributed by atoms with Gasteiger partial charge in [0.15, 0.2) is 11.5 Å². The van der Waals surface area contributed by atoms with Crippen LogP contribution in [0, 0.1) is 0 Å². The zero-order valence-electron chi connectivity index (χ0n) is 8.01. The lowest BCUT2D eigenvalue weighted by atomic mass is 10.0. The fraction of sp³-hybridized carbons (Fsp3) is 0. The standard InChI is InChI=1S/C11H8O5/c12-8-5-3-1-2-4-6(5)9(13)10(14)7(8)11(15)16/h1-4,12-14H,(H,15,16). The molecule has 0 heterocycles. The molecule has 0 aliphatic heterocycles. The molecule has 2 rings (SSSR count). The first-order valence-electron chi connectivity index (χ1n) is 4.43. The molecule has 0 saturated carbocycles. The monoisotopic (exact) mass is 220 g/mol. The van der Waals surface area contributed by atoms with E-state index in [-0.39, 0.29) is 10.8 Å². The van der Waals surface area contributed by atoms with Gasteiger partial charge in [0.25, 0.3) is 0 Å². The molecule has 0 aromatic heterocycles. The van der Waals surface area contributed by atoms with Crippen molar-refractivity contribution in [1.29, 1.82) is 0 Å². The summed E-state index contributed by atoms with van der Waals surface area (Å²) in [6.45, 7) is 0. The van der Waals surface area contributed by atoms with Gasteiger partial charge < -0.3 is 20.4 Å². The first-order chi connectivity index (χ1) is 7.54. The van der Waals surface area contributed by atoms with E-state index in [0.717, 1.165) is 0 Å². The molecular weight excluding hydrogens is 212 g/mol. The fourth-order valence-corrected chi connectivity index (χ4v) is 1.59. The van der Waals surface area contributed by atoms with Crippen LogP contribution in [0.5, 0.6) is 17.2 Å². The summed E-state index contributed by atoms with van der Waals surface area (Å²) in [5.41, 5.74) is -0.698. The Labute approximate surface area is 89.8 Å². The molecule has 5 heteroatoms. The molecule has 0 bridgehead atoms. The average Bonchev–Trinajstić information content (AvgIpc) is 2.26. The van der Waals surface area contributed by atoms with Gasteiger partial charge in [-0.1, -0.05) is 24.3 Å². The van der Waals surface area contributed by atoms with Crippen LogP contribution in [0.2, 0.25) is 0 Å². The lowest BCUT2D eigenvalue weighted by Gasteiger charge is -2.09. The number of hydrogen-bond acceptors (Lipinski definition) is 4. The Balaban J connectivity index is 3.00. The minimum absolute atomic E-state index is 0.176. The maximum absolute atomic E-state index is 10.8. The Morgan fingerprint density at radius 1 is 0.875 bits per heavy atom. The number of carbonyl (C=O) groups is 1. The maximum atomic E-state index is 10.8. The van der Waals surface area contributed by atoms with Gasteiger partial charge in [-0.2, -0.15) is 0 Å². The van der Waals surface area contributed by atoms with Crippen molar-refractivity contribution in [3.8, 4) is 17.2 Å². The molecule has 5 nitrogen and oxygen atoms in total. The van der Waals surface area contributed by atoms with Crippen LogP contribution < -0.4 is 0 Å². The van der Waals surface area contributed by atoms with Crippen LogP contribution in [-0.2, 0) is 0 Å². The van der Waals surface area contributed by atoms with Crippen molar-refractivity contribution in [2.45, 2.75) is 0 Å². The highest BCUT2D eigenvalue weighted by atomic mass is 16.4. The van der Waals surface area contributed by atoms with Crippen molar-refractivity contribution in [2.75, 3.05) is 0 Å². The van der Waals surface area contributed by atoms with Crippen LogP contribution >= 0.6 is 0 Å². The molecule has 16 heavy (non-hydrogen) atoms. The number of fused-ring (bicyclic) bond motifs is 1. The van der Waals surface area contributed by atoms with E-state index in [1.54, 1.807) is 12.1 Å². The number of carboxylic acid groups (broad SMARTS) is 1. The van der Waals surface area contributed by atoms with E-state index in [9.17, 15) is 20.1 Å². The van der Waals surface area contributed by atoms with Gasteiger partial charge in [0, 0.05) is 10.8 Å². The minimum Gasteiger partial charge on any atom is -0.506 e. The first-order valence-corrected chi connectivity index (χ1v) is 4.43. The number of benzene rings is 2. The number of phenolic OH excluding ortho intramolecular Hbond substituents is 1. The highest BCUT2D eigenvalue weighted by Crippen LogP contribution is 2.43. The van der Waals surface area contributed by atoms with Crippen molar-refractivity contribution in [3.63, 3.8) is 0 Å². The molecule has 0 atom stereocenters. The molecule has 0 aliphatic carbocycles. The SMILES string of the molecule is O=C(O)c1c(O)c(O)c2ccccc2c1O. The zero-order valence-corrected chi connectivity index (χ0v) is 8.01. The summed E-state index contributed by atoms with van der Waals surface area (Å²) >= 11 is 0. The van der Waals surface area contributed by atoms with E-state index >= 15 is 0 Å². The summed E-state index contributed by atoms with van der Waals surface area (Å²) in [4.78, 5) is 10.8. The van der Waals surface area contributed by atoms with Crippen molar-refractivity contribution in [1.82, 2.24) is 0 Å². The number of aromatic hydroxyl groups is 3. The molecule has 0 spiro atoms. The number of rotatable bonds is 1. The first kappa shape index (κ1) is 10.1. The highest BCUT2D eigenvalue weighted by molar-refractivity contribution is 6.06. The van der Waals surface area contributed by atoms with Gasteiger partial charge in [-0.3, -0.25) is 0 Å². The fourth-order valence-electron chi connectivity index (χ4n) is 1.59. The number of phenols is 3. The zero-order chi connectivity index (χ0) is 11.9. The van der Waals surface area contributed by atoms with E-state index in [0.29, 0.717) is 0 Å². The molecule has 0 fully saturated rings. The maximum Gasteiger partial charge on any atom is 0.343 e. The van der Waals surface area contributed by atoms with Crippen molar-refractivity contribution in [2.24, 2.45) is 0 Å². The Morgan fingerprint density at radius 2 is 1.38 bits per heavy atom. The predicted molar refractivity (Wildman–Crippen MR) is 55.9 cm³/mol. The molecular formula is C11H8O5. The van der Waals surface area contributed by atoms with Crippen molar-refractivity contribution >= 4 is 16.7 Å². The molecule has 82 valence electrons. The Bertz CT molecular complexity index is 588. The van der Waals surface area contributed by atoms with E-state index in [2.05, 4.69) is 0 Å². The third kappa shape index (κ3) is 1.22. The van der Waals surface area contributed by atoms with Crippen molar-refractivity contribution < 1.29 is 25.2 Å². The van der Waals surface area contributed by atoms with Gasteiger partial charge in [0.1, 0.15) is 11.3 Å². The number of carboxylic acids is 1. The second kappa shape index (κ2) is 3.30. The topological polar surface area (TPSA) is 98.0 Å². The molecule has 0 saturated heterocycles. The van der Waals surface area contributed by atoms with Gasteiger partial charge >= 0.3 is 5.97 Å². The van der Waals surface area contributed by atoms with E-state index in [1.165, 1.54) is 12.1 Å². The van der Waals surface area contributed by atoms with E-state index in [1.807, 2.05) is 0 Å². The third-order valence-electron chi connectivity index (χ3n) is 2.35. The molecule has 2 aromatic rings. The lowest BCUT2D eigenvalue weighted by molar-refractivity contribution is 0.0690. The molecule has 0 unspecified atom stereocenters. The smallest absolute Gasteiger partial charge is 0.343 e. The molecule has 0 aliphatic rings. The van der Waals surface area contributed by atoms with Gasteiger partial charge in [-0.15, -0.1) is 0 Å². The summed E-state index contributed by atoms with van der Waals surface area (Å²) in [5, 5.41) is 37.9. The summed E-state index contributed by atoms with van der Waals surface area (Å²) in [6.07, 6.45) is 0. The van der Waals surface area contributed by atoms with Crippen LogP contribution in [0.4, 0.5) is 0 Å². The molecule has 2 aromatic carbocycles. The third-order valence-corrected chi connectivity index (χ3v) is 2.35. The number of aromatic carboxylic acids is 1. The van der Waals surface area contributed by atoms with Crippen LogP contribution in [-0.4, -0.2) is 26.4 Å². The normalized spacial score (nSPS) is 10.5. The Hall–Kier alpha value is -2.43. The van der Waals surface area contributed by atoms with Gasteiger partial charge in [0.2, 0.25) is 0 Å². The molecule has 0 amide bonds. The summed E-state index contributed by atoms with van der Waals surface area (Å²) in [7, 11) is 0.